The van der Waals surface area contributed by atoms with Crippen LogP contribution in [-0.4, -0.2) is 51.0 Å². The fraction of sp³-hybridized carbons (Fsp3) is 0.364. The smallest absolute Gasteiger partial charge is 0.242 e. The highest BCUT2D eigenvalue weighted by Gasteiger charge is 2.27. The lowest BCUT2D eigenvalue weighted by Crippen LogP contribution is -2.47. The van der Waals surface area contributed by atoms with E-state index in [0.717, 1.165) is 6.26 Å². The summed E-state index contributed by atoms with van der Waals surface area (Å²) in [7, 11) is -2.11. The highest BCUT2D eigenvalue weighted by molar-refractivity contribution is 7.92. The molecule has 0 saturated carbocycles. The molecular formula is C22H26Cl3N3O4S. The summed E-state index contributed by atoms with van der Waals surface area (Å²) >= 11 is 18.5. The first-order valence-corrected chi connectivity index (χ1v) is 13.1. The van der Waals surface area contributed by atoms with Gasteiger partial charge in [-0.15, -0.1) is 0 Å². The molecule has 33 heavy (non-hydrogen) atoms. The van der Waals surface area contributed by atoms with Gasteiger partial charge in [0.1, 0.15) is 6.04 Å². The summed E-state index contributed by atoms with van der Waals surface area (Å²) < 4.78 is 25.8. The van der Waals surface area contributed by atoms with Crippen molar-refractivity contribution in [1.29, 1.82) is 0 Å². The molecule has 2 rings (SSSR count). The number of halogens is 3. The van der Waals surface area contributed by atoms with Crippen molar-refractivity contribution >= 4 is 62.3 Å². The average molecular weight is 535 g/mol. The van der Waals surface area contributed by atoms with Gasteiger partial charge < -0.3 is 10.2 Å². The molecule has 2 aromatic carbocycles. The van der Waals surface area contributed by atoms with Crippen molar-refractivity contribution in [1.82, 2.24) is 10.2 Å². The Hall–Kier alpha value is -2.00. The predicted molar refractivity (Wildman–Crippen MR) is 133 cm³/mol. The van der Waals surface area contributed by atoms with Gasteiger partial charge in [-0.2, -0.15) is 0 Å². The SMILES string of the molecule is CNC(=O)[C@@H](C)N(Cc1c(Cl)cccc1Cl)C(=O)CCCN(c1cccc(Cl)c1)S(C)(=O)=O. The molecule has 0 bridgehead atoms. The van der Waals surface area contributed by atoms with Crippen molar-refractivity contribution in [3.63, 3.8) is 0 Å². The molecule has 7 nitrogen and oxygen atoms in total. The van der Waals surface area contributed by atoms with Crippen LogP contribution in [0.3, 0.4) is 0 Å². The summed E-state index contributed by atoms with van der Waals surface area (Å²) in [6, 6.07) is 10.7. The first kappa shape index (κ1) is 27.2. The van der Waals surface area contributed by atoms with Gasteiger partial charge in [0.05, 0.1) is 11.9 Å². The molecule has 2 aromatic rings. The van der Waals surface area contributed by atoms with Gasteiger partial charge in [0.2, 0.25) is 21.8 Å². The molecule has 0 spiro atoms. The second-order valence-corrected chi connectivity index (χ2v) is 10.6. The minimum absolute atomic E-state index is 0.00991. The monoisotopic (exact) mass is 533 g/mol. The third-order valence-corrected chi connectivity index (χ3v) is 7.19. The lowest BCUT2D eigenvalue weighted by atomic mass is 10.1. The summed E-state index contributed by atoms with van der Waals surface area (Å²) in [4.78, 5) is 26.8. The zero-order valence-corrected chi connectivity index (χ0v) is 21.6. The molecule has 1 N–H and O–H groups in total. The molecule has 11 heteroatoms. The average Bonchev–Trinajstić information content (AvgIpc) is 2.74. The van der Waals surface area contributed by atoms with Crippen molar-refractivity contribution in [2.24, 2.45) is 0 Å². The fourth-order valence-electron chi connectivity index (χ4n) is 3.28. The van der Waals surface area contributed by atoms with E-state index < -0.39 is 16.1 Å². The number of hydrogen-bond donors (Lipinski definition) is 1. The lowest BCUT2D eigenvalue weighted by molar-refractivity contribution is -0.140. The molecule has 0 fully saturated rings. The second kappa shape index (κ2) is 11.9. The van der Waals surface area contributed by atoms with Crippen LogP contribution in [0, 0.1) is 0 Å². The zero-order valence-electron chi connectivity index (χ0n) is 18.5. The number of sulfonamides is 1. The van der Waals surface area contributed by atoms with Crippen LogP contribution in [0.25, 0.3) is 0 Å². The van der Waals surface area contributed by atoms with Crippen LogP contribution < -0.4 is 9.62 Å². The summed E-state index contributed by atoms with van der Waals surface area (Å²) in [6.07, 6.45) is 1.33. The Balaban J connectivity index is 2.20. The predicted octanol–water partition coefficient (Wildman–Crippen LogP) is 4.36. The lowest BCUT2D eigenvalue weighted by Gasteiger charge is -2.29. The third kappa shape index (κ3) is 7.50. The first-order chi connectivity index (χ1) is 15.5. The number of carbonyl (C=O) groups excluding carboxylic acids is 2. The Bertz CT molecular complexity index is 1090. The van der Waals surface area contributed by atoms with Crippen molar-refractivity contribution in [2.45, 2.75) is 32.4 Å². The Morgan fingerprint density at radius 1 is 1.06 bits per heavy atom. The molecule has 0 aliphatic heterocycles. The number of carbonyl (C=O) groups is 2. The number of nitrogens with one attached hydrogen (secondary N) is 1. The van der Waals surface area contributed by atoms with E-state index in [2.05, 4.69) is 5.32 Å². The summed E-state index contributed by atoms with van der Waals surface area (Å²) in [5, 5.41) is 3.71. The topological polar surface area (TPSA) is 86.8 Å². The van der Waals surface area contributed by atoms with Gasteiger partial charge in [-0.3, -0.25) is 13.9 Å². The molecule has 0 heterocycles. The van der Waals surface area contributed by atoms with Crippen molar-refractivity contribution < 1.29 is 18.0 Å². The van der Waals surface area contributed by atoms with E-state index in [9.17, 15) is 18.0 Å². The van der Waals surface area contributed by atoms with Crippen molar-refractivity contribution in [2.75, 3.05) is 24.2 Å². The number of benzene rings is 2. The molecule has 0 radical (unpaired) electrons. The second-order valence-electron chi connectivity index (χ2n) is 7.43. The fourth-order valence-corrected chi connectivity index (χ4v) is 4.94. The van der Waals surface area contributed by atoms with Crippen LogP contribution in [0.4, 0.5) is 5.69 Å². The van der Waals surface area contributed by atoms with E-state index in [1.807, 2.05) is 0 Å². The van der Waals surface area contributed by atoms with Crippen molar-refractivity contribution in [3.8, 4) is 0 Å². The number of likely N-dealkylation sites (N-methyl/N-ethyl adjacent to an activating group) is 1. The number of rotatable bonds is 10. The number of hydrogen-bond acceptors (Lipinski definition) is 4. The zero-order chi connectivity index (χ0) is 24.8. The van der Waals surface area contributed by atoms with Gasteiger partial charge in [-0.25, -0.2) is 8.42 Å². The molecule has 1 atom stereocenters. The highest BCUT2D eigenvalue weighted by atomic mass is 35.5. The van der Waals surface area contributed by atoms with Gasteiger partial charge in [-0.05, 0) is 43.7 Å². The molecule has 0 aromatic heterocycles. The molecule has 0 unspecified atom stereocenters. The Morgan fingerprint density at radius 2 is 1.67 bits per heavy atom. The van der Waals surface area contributed by atoms with Crippen LogP contribution in [0.15, 0.2) is 42.5 Å². The van der Waals surface area contributed by atoms with Crippen LogP contribution in [-0.2, 0) is 26.2 Å². The summed E-state index contributed by atoms with van der Waals surface area (Å²) in [5.41, 5.74) is 0.942. The normalized spacial score (nSPS) is 12.2. The maximum Gasteiger partial charge on any atom is 0.242 e. The molecular weight excluding hydrogens is 509 g/mol. The highest BCUT2D eigenvalue weighted by Crippen LogP contribution is 2.27. The quantitative estimate of drug-likeness (QED) is 0.491. The van der Waals surface area contributed by atoms with E-state index in [1.54, 1.807) is 49.4 Å². The summed E-state index contributed by atoms with van der Waals surface area (Å²) in [6.45, 7) is 1.71. The number of nitrogens with zero attached hydrogens (tertiary/aromatic N) is 2. The van der Waals surface area contributed by atoms with E-state index >= 15 is 0 Å². The maximum absolute atomic E-state index is 13.1. The summed E-state index contributed by atoms with van der Waals surface area (Å²) in [5.74, 6) is -0.676. The van der Waals surface area contributed by atoms with Gasteiger partial charge in [0.25, 0.3) is 0 Å². The van der Waals surface area contributed by atoms with Gasteiger partial charge >= 0.3 is 0 Å². The van der Waals surface area contributed by atoms with Crippen LogP contribution in [0.2, 0.25) is 15.1 Å². The molecule has 0 aliphatic rings. The number of amides is 2. The number of anilines is 1. The van der Waals surface area contributed by atoms with Crippen LogP contribution >= 0.6 is 34.8 Å². The Morgan fingerprint density at radius 3 is 2.21 bits per heavy atom. The minimum Gasteiger partial charge on any atom is -0.357 e. The molecule has 0 saturated heterocycles. The van der Waals surface area contributed by atoms with Gasteiger partial charge in [-0.1, -0.05) is 46.9 Å². The Labute approximate surface area is 209 Å². The molecule has 2 amide bonds. The van der Waals surface area contributed by atoms with Crippen LogP contribution in [0.1, 0.15) is 25.3 Å². The largest absolute Gasteiger partial charge is 0.357 e. The van der Waals surface area contributed by atoms with E-state index in [0.29, 0.717) is 26.3 Å². The van der Waals surface area contributed by atoms with E-state index in [-0.39, 0.29) is 37.7 Å². The molecule has 180 valence electrons. The van der Waals surface area contributed by atoms with E-state index in [4.69, 9.17) is 34.8 Å². The third-order valence-electron chi connectivity index (χ3n) is 5.05. The van der Waals surface area contributed by atoms with Crippen molar-refractivity contribution in [3.05, 3.63) is 63.1 Å². The maximum atomic E-state index is 13.1. The molecule has 0 aliphatic carbocycles. The van der Waals surface area contributed by atoms with Crippen LogP contribution in [0.5, 0.6) is 0 Å². The van der Waals surface area contributed by atoms with Gasteiger partial charge in [0.15, 0.2) is 0 Å². The van der Waals surface area contributed by atoms with Gasteiger partial charge in [0, 0.05) is 47.2 Å². The standard InChI is InChI=1S/C22H26Cl3N3O4S/c1-15(22(30)26-2)27(14-18-19(24)9-5-10-20(18)25)21(29)11-6-12-28(33(3,31)32)17-8-4-7-16(23)13-17/h4-5,7-10,13,15H,6,11-12,14H2,1-3H3,(H,26,30)/t15-/m1/s1. The van der Waals surface area contributed by atoms with E-state index in [1.165, 1.54) is 16.3 Å². The first-order valence-electron chi connectivity index (χ1n) is 10.1. The minimum atomic E-state index is -3.60. The Kier molecular flexibility index (Phi) is 9.84.